The van der Waals surface area contributed by atoms with E-state index in [1.165, 1.54) is 6.92 Å². The molecular weight excluding hydrogens is 392 g/mol. The zero-order valence-corrected chi connectivity index (χ0v) is 19.4. The van der Waals surface area contributed by atoms with Crippen LogP contribution in [0.3, 0.4) is 0 Å². The molecule has 3 rings (SSSR count). The highest BCUT2D eigenvalue weighted by atomic mass is 16.5. The van der Waals surface area contributed by atoms with Crippen molar-refractivity contribution in [3.05, 3.63) is 58.7 Å². The molecule has 2 atom stereocenters. The number of carbonyl (C=O) groups is 2. The summed E-state index contributed by atoms with van der Waals surface area (Å²) >= 11 is 0. The highest BCUT2D eigenvalue weighted by Gasteiger charge is 2.39. The summed E-state index contributed by atoms with van der Waals surface area (Å²) in [5.41, 5.74) is 3.66. The first-order valence-electron chi connectivity index (χ1n) is 10.6. The SMILES string of the molecule is CC(=O)C(O)COc1ccc(C2C(=O)Oc3c2cc(C(C)(C)C)cc3C(C)(C)C)cc1. The molecule has 0 aliphatic carbocycles. The zero-order valence-electron chi connectivity index (χ0n) is 19.4. The summed E-state index contributed by atoms with van der Waals surface area (Å²) < 4.78 is 11.3. The monoisotopic (exact) mass is 424 g/mol. The number of ketones is 1. The topological polar surface area (TPSA) is 72.8 Å². The quantitative estimate of drug-likeness (QED) is 0.558. The minimum atomic E-state index is -1.15. The van der Waals surface area contributed by atoms with E-state index in [1.807, 2.05) is 12.1 Å². The molecule has 0 saturated carbocycles. The van der Waals surface area contributed by atoms with Gasteiger partial charge in [0.05, 0.1) is 0 Å². The fourth-order valence-electron chi connectivity index (χ4n) is 3.62. The second-order valence-corrected chi connectivity index (χ2v) is 10.3. The fourth-order valence-corrected chi connectivity index (χ4v) is 3.62. The summed E-state index contributed by atoms with van der Waals surface area (Å²) in [5, 5.41) is 9.61. The molecule has 1 heterocycles. The van der Waals surface area contributed by atoms with Gasteiger partial charge in [-0.1, -0.05) is 65.8 Å². The molecule has 2 aromatic rings. The lowest BCUT2D eigenvalue weighted by molar-refractivity contribution is -0.133. The van der Waals surface area contributed by atoms with Crippen LogP contribution < -0.4 is 9.47 Å². The van der Waals surface area contributed by atoms with Crippen molar-refractivity contribution in [2.75, 3.05) is 6.61 Å². The van der Waals surface area contributed by atoms with E-state index < -0.39 is 12.0 Å². The van der Waals surface area contributed by atoms with Gasteiger partial charge >= 0.3 is 5.97 Å². The van der Waals surface area contributed by atoms with E-state index in [2.05, 4.69) is 53.7 Å². The van der Waals surface area contributed by atoms with E-state index in [9.17, 15) is 14.7 Å². The number of hydrogen-bond donors (Lipinski definition) is 1. The Bertz CT molecular complexity index is 990. The highest BCUT2D eigenvalue weighted by molar-refractivity contribution is 5.90. The maximum absolute atomic E-state index is 12.9. The number of ether oxygens (including phenoxy) is 2. The molecule has 0 bridgehead atoms. The predicted molar refractivity (Wildman–Crippen MR) is 120 cm³/mol. The average Bonchev–Trinajstić information content (AvgIpc) is 2.99. The van der Waals surface area contributed by atoms with Crippen LogP contribution in [0.15, 0.2) is 36.4 Å². The standard InChI is InChI=1S/C26H32O5/c1-15(27)21(28)14-30-18-10-8-16(9-11-18)22-19-12-17(25(2,3)4)13-20(26(5,6)7)23(19)31-24(22)29/h8-13,21-22,28H,14H2,1-7H3. The van der Waals surface area contributed by atoms with Gasteiger partial charge in [0, 0.05) is 11.1 Å². The van der Waals surface area contributed by atoms with Gasteiger partial charge in [-0.15, -0.1) is 0 Å². The van der Waals surface area contributed by atoms with Crippen LogP contribution in [0, 0.1) is 0 Å². The third kappa shape index (κ3) is 4.82. The van der Waals surface area contributed by atoms with E-state index in [0.717, 1.165) is 22.3 Å². The number of Topliss-reactive ketones (excluding diaryl/α,β-unsaturated/α-hetero) is 1. The van der Waals surface area contributed by atoms with Crippen molar-refractivity contribution < 1.29 is 24.2 Å². The Hall–Kier alpha value is -2.66. The van der Waals surface area contributed by atoms with Crippen LogP contribution in [-0.4, -0.2) is 29.6 Å². The first-order valence-corrected chi connectivity index (χ1v) is 10.6. The van der Waals surface area contributed by atoms with Crippen LogP contribution in [0.1, 0.15) is 76.6 Å². The van der Waals surface area contributed by atoms with Crippen molar-refractivity contribution in [3.8, 4) is 11.5 Å². The fraction of sp³-hybridized carbons (Fsp3) is 0.462. The van der Waals surface area contributed by atoms with Gasteiger partial charge in [-0.25, -0.2) is 0 Å². The molecule has 0 saturated heterocycles. The molecule has 0 radical (unpaired) electrons. The molecule has 0 fully saturated rings. The second-order valence-electron chi connectivity index (χ2n) is 10.3. The lowest BCUT2D eigenvalue weighted by Gasteiger charge is -2.27. The van der Waals surface area contributed by atoms with Gasteiger partial charge in [0.1, 0.15) is 30.1 Å². The maximum Gasteiger partial charge on any atom is 0.323 e. The highest BCUT2D eigenvalue weighted by Crippen LogP contribution is 2.47. The van der Waals surface area contributed by atoms with Gasteiger partial charge in [-0.05, 0) is 41.0 Å². The summed E-state index contributed by atoms with van der Waals surface area (Å²) in [6.07, 6.45) is -1.15. The third-order valence-corrected chi connectivity index (χ3v) is 5.63. The van der Waals surface area contributed by atoms with Crippen LogP contribution in [0.5, 0.6) is 11.5 Å². The lowest BCUT2D eigenvalue weighted by atomic mass is 9.77. The van der Waals surface area contributed by atoms with E-state index in [1.54, 1.807) is 12.1 Å². The predicted octanol–water partition coefficient (Wildman–Crippen LogP) is 4.66. The molecule has 1 aliphatic heterocycles. The zero-order chi connectivity index (χ0) is 23.1. The summed E-state index contributed by atoms with van der Waals surface area (Å²) in [4.78, 5) is 24.1. The number of hydrogen-bond acceptors (Lipinski definition) is 5. The molecule has 0 spiro atoms. The minimum absolute atomic E-state index is 0.0690. The number of fused-ring (bicyclic) bond motifs is 1. The first-order chi connectivity index (χ1) is 14.3. The molecule has 1 aliphatic rings. The molecule has 2 unspecified atom stereocenters. The lowest BCUT2D eigenvalue weighted by Crippen LogP contribution is -2.25. The summed E-state index contributed by atoms with van der Waals surface area (Å²) in [5.74, 6) is 0.0589. The number of aliphatic hydroxyl groups excluding tert-OH is 1. The molecule has 0 aromatic heterocycles. The number of benzene rings is 2. The van der Waals surface area contributed by atoms with Gasteiger partial charge in [0.25, 0.3) is 0 Å². The second kappa shape index (κ2) is 8.12. The Morgan fingerprint density at radius 2 is 1.68 bits per heavy atom. The maximum atomic E-state index is 12.9. The van der Waals surface area contributed by atoms with Crippen molar-refractivity contribution in [3.63, 3.8) is 0 Å². The van der Waals surface area contributed by atoms with Crippen molar-refractivity contribution >= 4 is 11.8 Å². The smallest absolute Gasteiger partial charge is 0.323 e. The molecule has 1 N–H and O–H groups in total. The van der Waals surface area contributed by atoms with E-state index in [0.29, 0.717) is 11.5 Å². The van der Waals surface area contributed by atoms with Gasteiger partial charge in [0.15, 0.2) is 5.78 Å². The number of rotatable bonds is 5. The van der Waals surface area contributed by atoms with Crippen LogP contribution in [0.4, 0.5) is 0 Å². The van der Waals surface area contributed by atoms with Crippen LogP contribution in [0.25, 0.3) is 0 Å². The molecule has 31 heavy (non-hydrogen) atoms. The molecule has 5 heteroatoms. The third-order valence-electron chi connectivity index (χ3n) is 5.63. The number of carbonyl (C=O) groups excluding carboxylic acids is 2. The van der Waals surface area contributed by atoms with Crippen LogP contribution >= 0.6 is 0 Å². The number of esters is 1. The van der Waals surface area contributed by atoms with Gasteiger partial charge in [0.2, 0.25) is 0 Å². The van der Waals surface area contributed by atoms with Crippen molar-refractivity contribution in [2.24, 2.45) is 0 Å². The molecule has 5 nitrogen and oxygen atoms in total. The number of aliphatic hydroxyl groups is 1. The minimum Gasteiger partial charge on any atom is -0.490 e. The van der Waals surface area contributed by atoms with Crippen molar-refractivity contribution in [1.82, 2.24) is 0 Å². The van der Waals surface area contributed by atoms with Gasteiger partial charge < -0.3 is 14.6 Å². The van der Waals surface area contributed by atoms with Gasteiger partial charge in [-0.2, -0.15) is 0 Å². The normalized spacial score (nSPS) is 17.2. The summed E-state index contributed by atoms with van der Waals surface area (Å²) in [7, 11) is 0. The van der Waals surface area contributed by atoms with Crippen LogP contribution in [-0.2, 0) is 20.4 Å². The molecule has 166 valence electrons. The van der Waals surface area contributed by atoms with E-state index in [4.69, 9.17) is 9.47 Å². The Balaban J connectivity index is 1.98. The summed E-state index contributed by atoms with van der Waals surface area (Å²) in [6.45, 7) is 14.1. The average molecular weight is 425 g/mol. The first kappa shape index (κ1) is 23.0. The Morgan fingerprint density at radius 3 is 2.19 bits per heavy atom. The van der Waals surface area contributed by atoms with E-state index >= 15 is 0 Å². The van der Waals surface area contributed by atoms with Crippen molar-refractivity contribution in [2.45, 2.75) is 71.3 Å². The molecule has 0 amide bonds. The Labute approximate surface area is 184 Å². The molecule has 2 aromatic carbocycles. The van der Waals surface area contributed by atoms with Gasteiger partial charge in [-0.3, -0.25) is 9.59 Å². The largest absolute Gasteiger partial charge is 0.490 e. The Morgan fingerprint density at radius 1 is 1.06 bits per heavy atom. The summed E-state index contributed by atoms with van der Waals surface area (Å²) in [6, 6.07) is 11.4. The van der Waals surface area contributed by atoms with E-state index in [-0.39, 0.29) is 29.2 Å². The molecular formula is C26H32O5. The van der Waals surface area contributed by atoms with Crippen LogP contribution in [0.2, 0.25) is 0 Å². The Kier molecular flexibility index (Phi) is 6.03. The van der Waals surface area contributed by atoms with Crippen molar-refractivity contribution in [1.29, 1.82) is 0 Å².